The van der Waals surface area contributed by atoms with Crippen LogP contribution in [0.5, 0.6) is 0 Å². The zero-order valence-corrected chi connectivity index (χ0v) is 16.0. The first-order valence-corrected chi connectivity index (χ1v) is 9.09. The number of hydrogen-bond acceptors (Lipinski definition) is 2. The second kappa shape index (κ2) is 7.73. The molecular formula is C18H18Cl3N3O. The Morgan fingerprint density at radius 3 is 2.36 bits per heavy atom. The predicted molar refractivity (Wildman–Crippen MR) is 105 cm³/mol. The van der Waals surface area contributed by atoms with Crippen molar-refractivity contribution < 1.29 is 4.79 Å². The van der Waals surface area contributed by atoms with Crippen molar-refractivity contribution in [3.8, 4) is 0 Å². The number of nitrogens with zero attached hydrogens (tertiary/aromatic N) is 2. The Morgan fingerprint density at radius 2 is 1.68 bits per heavy atom. The minimum absolute atomic E-state index is 0.138. The van der Waals surface area contributed by atoms with Gasteiger partial charge in [0.15, 0.2) is 0 Å². The Kier molecular flexibility index (Phi) is 5.62. The molecule has 2 aromatic rings. The lowest BCUT2D eigenvalue weighted by Gasteiger charge is -2.36. The molecule has 0 radical (unpaired) electrons. The van der Waals surface area contributed by atoms with Gasteiger partial charge in [-0.15, -0.1) is 0 Å². The summed E-state index contributed by atoms with van der Waals surface area (Å²) in [7, 11) is 0. The van der Waals surface area contributed by atoms with E-state index < -0.39 is 0 Å². The number of urea groups is 1. The number of piperazine rings is 1. The van der Waals surface area contributed by atoms with Crippen LogP contribution in [0.4, 0.5) is 16.2 Å². The standard InChI is InChI=1S/C18H18Cl3N3O/c1-12-2-3-13(19)10-17(12)23-6-8-24(9-7-23)18(25)22-14-4-5-15(20)16(21)11-14/h2-5,10-11H,6-9H2,1H3,(H,22,25). The van der Waals surface area contributed by atoms with Gasteiger partial charge in [-0.2, -0.15) is 0 Å². The van der Waals surface area contributed by atoms with Crippen molar-refractivity contribution in [2.75, 3.05) is 36.4 Å². The van der Waals surface area contributed by atoms with E-state index in [1.54, 1.807) is 23.1 Å². The molecule has 0 aliphatic carbocycles. The smallest absolute Gasteiger partial charge is 0.321 e. The number of amides is 2. The molecule has 1 N–H and O–H groups in total. The van der Waals surface area contributed by atoms with Crippen LogP contribution in [0.25, 0.3) is 0 Å². The number of carbonyl (C=O) groups excluding carboxylic acids is 1. The molecule has 0 unspecified atom stereocenters. The van der Waals surface area contributed by atoms with Crippen molar-refractivity contribution >= 4 is 52.2 Å². The fraction of sp³-hybridized carbons (Fsp3) is 0.278. The van der Waals surface area contributed by atoms with Gasteiger partial charge in [0.2, 0.25) is 0 Å². The summed E-state index contributed by atoms with van der Waals surface area (Å²) in [6, 6.07) is 10.8. The lowest BCUT2D eigenvalue weighted by atomic mass is 10.1. The van der Waals surface area contributed by atoms with E-state index in [4.69, 9.17) is 34.8 Å². The largest absolute Gasteiger partial charge is 0.368 e. The molecule has 0 saturated carbocycles. The maximum Gasteiger partial charge on any atom is 0.321 e. The van der Waals surface area contributed by atoms with E-state index >= 15 is 0 Å². The predicted octanol–water partition coefficient (Wildman–Crippen LogP) is 5.31. The van der Waals surface area contributed by atoms with Crippen molar-refractivity contribution in [2.45, 2.75) is 6.92 Å². The summed E-state index contributed by atoms with van der Waals surface area (Å²) < 4.78 is 0. The highest BCUT2D eigenvalue weighted by molar-refractivity contribution is 6.42. The third-order valence-corrected chi connectivity index (χ3v) is 5.22. The second-order valence-corrected chi connectivity index (χ2v) is 7.21. The number of anilines is 2. The van der Waals surface area contributed by atoms with E-state index in [2.05, 4.69) is 17.1 Å². The summed E-state index contributed by atoms with van der Waals surface area (Å²) in [5, 5.41) is 4.46. The molecule has 1 fully saturated rings. The van der Waals surface area contributed by atoms with Crippen molar-refractivity contribution in [2.24, 2.45) is 0 Å². The van der Waals surface area contributed by atoms with E-state index in [-0.39, 0.29) is 6.03 Å². The summed E-state index contributed by atoms with van der Waals surface area (Å²) in [5.74, 6) is 0. The Morgan fingerprint density at radius 1 is 0.960 bits per heavy atom. The van der Waals surface area contributed by atoms with Gasteiger partial charge in [0.1, 0.15) is 0 Å². The maximum absolute atomic E-state index is 12.4. The van der Waals surface area contributed by atoms with Gasteiger partial charge in [-0.1, -0.05) is 40.9 Å². The molecule has 4 nitrogen and oxygen atoms in total. The molecule has 0 atom stereocenters. The lowest BCUT2D eigenvalue weighted by molar-refractivity contribution is 0.208. The van der Waals surface area contributed by atoms with E-state index in [9.17, 15) is 4.79 Å². The molecule has 1 aliphatic heterocycles. The number of rotatable bonds is 2. The zero-order valence-electron chi connectivity index (χ0n) is 13.7. The number of carbonyl (C=O) groups is 1. The second-order valence-electron chi connectivity index (χ2n) is 5.96. The minimum atomic E-state index is -0.138. The summed E-state index contributed by atoms with van der Waals surface area (Å²) in [6.07, 6.45) is 0. The average molecular weight is 399 g/mol. The Balaban J connectivity index is 1.60. The van der Waals surface area contributed by atoms with Crippen LogP contribution in [0.15, 0.2) is 36.4 Å². The van der Waals surface area contributed by atoms with Crippen LogP contribution < -0.4 is 10.2 Å². The van der Waals surface area contributed by atoms with Gasteiger partial charge in [-0.3, -0.25) is 0 Å². The monoisotopic (exact) mass is 397 g/mol. The highest BCUT2D eigenvalue weighted by Crippen LogP contribution is 2.27. The van der Waals surface area contributed by atoms with Gasteiger partial charge >= 0.3 is 6.03 Å². The molecule has 1 saturated heterocycles. The molecular weight excluding hydrogens is 381 g/mol. The molecule has 2 amide bonds. The number of aryl methyl sites for hydroxylation is 1. The molecule has 25 heavy (non-hydrogen) atoms. The highest BCUT2D eigenvalue weighted by atomic mass is 35.5. The third-order valence-electron chi connectivity index (χ3n) is 4.25. The van der Waals surface area contributed by atoms with Gasteiger partial charge in [0, 0.05) is 42.6 Å². The third kappa shape index (κ3) is 4.32. The SMILES string of the molecule is Cc1ccc(Cl)cc1N1CCN(C(=O)Nc2ccc(Cl)c(Cl)c2)CC1. The summed E-state index contributed by atoms with van der Waals surface area (Å²) in [5.41, 5.74) is 2.93. The van der Waals surface area contributed by atoms with E-state index in [0.29, 0.717) is 28.8 Å². The molecule has 1 aliphatic rings. The molecule has 0 aromatic heterocycles. The summed E-state index contributed by atoms with van der Waals surface area (Å²) >= 11 is 18.0. The first-order chi connectivity index (χ1) is 11.9. The lowest BCUT2D eigenvalue weighted by Crippen LogP contribution is -2.50. The van der Waals surface area contributed by atoms with Crippen molar-refractivity contribution in [1.82, 2.24) is 4.90 Å². The highest BCUT2D eigenvalue weighted by Gasteiger charge is 2.22. The van der Waals surface area contributed by atoms with Gasteiger partial charge in [0.25, 0.3) is 0 Å². The normalized spacial score (nSPS) is 14.6. The Bertz CT molecular complexity index is 789. The maximum atomic E-state index is 12.4. The van der Waals surface area contributed by atoms with Crippen LogP contribution >= 0.6 is 34.8 Å². The Labute approximate surface area is 162 Å². The average Bonchev–Trinajstić information content (AvgIpc) is 2.60. The summed E-state index contributed by atoms with van der Waals surface area (Å²) in [4.78, 5) is 16.5. The molecule has 0 spiro atoms. The quantitative estimate of drug-likeness (QED) is 0.744. The molecule has 1 heterocycles. The van der Waals surface area contributed by atoms with Crippen LogP contribution in [0.3, 0.4) is 0 Å². The molecule has 3 rings (SSSR count). The fourth-order valence-corrected chi connectivity index (χ4v) is 3.31. The Hall–Kier alpha value is -1.62. The fourth-order valence-electron chi connectivity index (χ4n) is 2.85. The molecule has 7 heteroatoms. The molecule has 2 aromatic carbocycles. The van der Waals surface area contributed by atoms with Crippen LogP contribution in [-0.2, 0) is 0 Å². The van der Waals surface area contributed by atoms with Gasteiger partial charge in [-0.05, 0) is 42.8 Å². The summed E-state index contributed by atoms with van der Waals surface area (Å²) in [6.45, 7) is 4.86. The van der Waals surface area contributed by atoms with Crippen LogP contribution in [0.2, 0.25) is 15.1 Å². The topological polar surface area (TPSA) is 35.6 Å². The number of benzene rings is 2. The molecule has 0 bridgehead atoms. The number of nitrogens with one attached hydrogen (secondary N) is 1. The van der Waals surface area contributed by atoms with Gasteiger partial charge in [-0.25, -0.2) is 4.79 Å². The first-order valence-electron chi connectivity index (χ1n) is 7.96. The first kappa shape index (κ1) is 18.2. The number of halogens is 3. The van der Waals surface area contributed by atoms with Crippen LogP contribution in [-0.4, -0.2) is 37.1 Å². The molecule has 132 valence electrons. The van der Waals surface area contributed by atoms with Crippen LogP contribution in [0, 0.1) is 6.92 Å². The van der Waals surface area contributed by atoms with Crippen LogP contribution in [0.1, 0.15) is 5.56 Å². The van der Waals surface area contributed by atoms with Crippen molar-refractivity contribution in [1.29, 1.82) is 0 Å². The van der Waals surface area contributed by atoms with Gasteiger partial charge in [0.05, 0.1) is 10.0 Å². The van der Waals surface area contributed by atoms with E-state index in [1.165, 1.54) is 5.56 Å². The minimum Gasteiger partial charge on any atom is -0.368 e. The van der Waals surface area contributed by atoms with E-state index in [0.717, 1.165) is 23.8 Å². The van der Waals surface area contributed by atoms with E-state index in [1.807, 2.05) is 18.2 Å². The number of hydrogen-bond donors (Lipinski definition) is 1. The van der Waals surface area contributed by atoms with Crippen molar-refractivity contribution in [3.63, 3.8) is 0 Å². The van der Waals surface area contributed by atoms with Gasteiger partial charge < -0.3 is 15.1 Å². The van der Waals surface area contributed by atoms with Crippen molar-refractivity contribution in [3.05, 3.63) is 57.0 Å². The zero-order chi connectivity index (χ0) is 18.0.